The van der Waals surface area contributed by atoms with Crippen LogP contribution in [0.15, 0.2) is 42.6 Å². The van der Waals surface area contributed by atoms with Gasteiger partial charge in [-0.15, -0.1) is 0 Å². The molecule has 3 nitrogen and oxygen atoms in total. The van der Waals surface area contributed by atoms with Crippen LogP contribution in [0.25, 0.3) is 21.7 Å². The molecular weight excluding hydrogens is 226 g/mol. The summed E-state index contributed by atoms with van der Waals surface area (Å²) in [6.07, 6.45) is 3.26. The van der Waals surface area contributed by atoms with Crippen LogP contribution in [0.1, 0.15) is 20.7 Å². The zero-order valence-electron chi connectivity index (χ0n) is 9.46. The van der Waals surface area contributed by atoms with E-state index in [4.69, 9.17) is 0 Å². The molecule has 0 saturated carbocycles. The fraction of sp³-hybridized carbons (Fsp3) is 0. The van der Waals surface area contributed by atoms with Gasteiger partial charge < -0.3 is 0 Å². The van der Waals surface area contributed by atoms with Crippen molar-refractivity contribution < 1.29 is 9.59 Å². The van der Waals surface area contributed by atoms with Gasteiger partial charge in [-0.2, -0.15) is 0 Å². The molecule has 0 radical (unpaired) electrons. The quantitative estimate of drug-likeness (QED) is 0.506. The third-order valence-corrected chi connectivity index (χ3v) is 3.09. The largest absolute Gasteiger partial charge is 0.298 e. The summed E-state index contributed by atoms with van der Waals surface area (Å²) >= 11 is 0. The van der Waals surface area contributed by atoms with Crippen molar-refractivity contribution in [3.8, 4) is 0 Å². The topological polar surface area (TPSA) is 47.0 Å². The number of hydrogen-bond acceptors (Lipinski definition) is 3. The maximum atomic E-state index is 11.0. The van der Waals surface area contributed by atoms with E-state index in [-0.39, 0.29) is 0 Å². The standard InChI is InChI=1S/C15H9NO2/c17-8-10-2-1-3-14-12(10)4-5-13-11(9-18)6-7-16-15(13)14/h1-9H. The Hall–Kier alpha value is -2.55. The van der Waals surface area contributed by atoms with E-state index in [1.165, 1.54) is 0 Å². The van der Waals surface area contributed by atoms with Gasteiger partial charge in [0, 0.05) is 28.1 Å². The molecule has 18 heavy (non-hydrogen) atoms. The Kier molecular flexibility index (Phi) is 2.38. The van der Waals surface area contributed by atoms with Crippen LogP contribution in [0.3, 0.4) is 0 Å². The van der Waals surface area contributed by atoms with Gasteiger partial charge in [-0.1, -0.05) is 30.3 Å². The summed E-state index contributed by atoms with van der Waals surface area (Å²) in [4.78, 5) is 26.3. The van der Waals surface area contributed by atoms with E-state index in [0.29, 0.717) is 11.1 Å². The molecule has 0 atom stereocenters. The maximum absolute atomic E-state index is 11.0. The number of carbonyl (C=O) groups excluding carboxylic acids is 2. The summed E-state index contributed by atoms with van der Waals surface area (Å²) in [5.74, 6) is 0. The first kappa shape index (κ1) is 10.6. The molecule has 1 aromatic heterocycles. The zero-order valence-corrected chi connectivity index (χ0v) is 9.46. The summed E-state index contributed by atoms with van der Waals surface area (Å²) in [5.41, 5.74) is 1.99. The maximum Gasteiger partial charge on any atom is 0.150 e. The summed E-state index contributed by atoms with van der Waals surface area (Å²) in [7, 11) is 0. The van der Waals surface area contributed by atoms with Crippen molar-refractivity contribution in [2.45, 2.75) is 0 Å². The highest BCUT2D eigenvalue weighted by atomic mass is 16.1. The number of benzene rings is 2. The van der Waals surface area contributed by atoms with Crippen molar-refractivity contribution in [3.63, 3.8) is 0 Å². The first-order valence-corrected chi connectivity index (χ1v) is 5.56. The Morgan fingerprint density at radius 3 is 2.28 bits per heavy atom. The van der Waals surface area contributed by atoms with Gasteiger partial charge in [0.15, 0.2) is 12.6 Å². The number of nitrogens with zero attached hydrogens (tertiary/aromatic N) is 1. The number of aldehydes is 2. The van der Waals surface area contributed by atoms with Crippen molar-refractivity contribution in [1.82, 2.24) is 4.98 Å². The van der Waals surface area contributed by atoms with E-state index in [9.17, 15) is 9.59 Å². The molecular formula is C15H9NO2. The van der Waals surface area contributed by atoms with Crippen molar-refractivity contribution in [3.05, 3.63) is 53.7 Å². The SMILES string of the molecule is O=Cc1cccc2c1ccc1c(C=O)ccnc12. The normalized spacial score (nSPS) is 10.7. The number of aromatic nitrogens is 1. The van der Waals surface area contributed by atoms with Crippen LogP contribution in [0.5, 0.6) is 0 Å². The van der Waals surface area contributed by atoms with Gasteiger partial charge in [0.2, 0.25) is 0 Å². The zero-order chi connectivity index (χ0) is 12.5. The molecule has 0 bridgehead atoms. The molecule has 86 valence electrons. The van der Waals surface area contributed by atoms with Gasteiger partial charge >= 0.3 is 0 Å². The Bertz CT molecular complexity index is 711. The minimum atomic E-state index is 0.610. The summed E-state index contributed by atoms with van der Waals surface area (Å²) < 4.78 is 0. The average molecular weight is 235 g/mol. The van der Waals surface area contributed by atoms with E-state index in [1.54, 1.807) is 18.3 Å². The van der Waals surface area contributed by atoms with E-state index in [1.807, 2.05) is 24.3 Å². The highest BCUT2D eigenvalue weighted by molar-refractivity contribution is 6.13. The van der Waals surface area contributed by atoms with Gasteiger partial charge in [0.05, 0.1) is 5.52 Å². The molecule has 0 fully saturated rings. The average Bonchev–Trinajstić information content (AvgIpc) is 2.45. The Morgan fingerprint density at radius 2 is 1.50 bits per heavy atom. The predicted molar refractivity (Wildman–Crippen MR) is 70.0 cm³/mol. The molecule has 1 heterocycles. The minimum absolute atomic E-state index is 0.610. The van der Waals surface area contributed by atoms with Crippen LogP contribution >= 0.6 is 0 Å². The molecule has 3 aromatic rings. The van der Waals surface area contributed by atoms with E-state index in [0.717, 1.165) is 34.2 Å². The lowest BCUT2D eigenvalue weighted by molar-refractivity contribution is 0.111. The lowest BCUT2D eigenvalue weighted by Crippen LogP contribution is -1.90. The lowest BCUT2D eigenvalue weighted by Gasteiger charge is -2.06. The first-order chi connectivity index (χ1) is 8.85. The lowest BCUT2D eigenvalue weighted by atomic mass is 10.0. The smallest absolute Gasteiger partial charge is 0.150 e. The van der Waals surface area contributed by atoms with E-state index >= 15 is 0 Å². The second kappa shape index (κ2) is 4.04. The summed E-state index contributed by atoms with van der Waals surface area (Å²) in [6.45, 7) is 0. The van der Waals surface area contributed by atoms with Crippen molar-refractivity contribution >= 4 is 34.2 Å². The van der Waals surface area contributed by atoms with Crippen molar-refractivity contribution in [2.75, 3.05) is 0 Å². The number of pyridine rings is 1. The van der Waals surface area contributed by atoms with Crippen LogP contribution < -0.4 is 0 Å². The molecule has 0 N–H and O–H groups in total. The third-order valence-electron chi connectivity index (χ3n) is 3.09. The Labute approximate surface area is 103 Å². The van der Waals surface area contributed by atoms with Crippen LogP contribution in [0.4, 0.5) is 0 Å². The summed E-state index contributed by atoms with van der Waals surface area (Å²) in [5, 5.41) is 2.55. The molecule has 0 aliphatic heterocycles. The predicted octanol–water partition coefficient (Wildman–Crippen LogP) is 3.01. The van der Waals surface area contributed by atoms with Crippen molar-refractivity contribution in [2.24, 2.45) is 0 Å². The number of hydrogen-bond donors (Lipinski definition) is 0. The van der Waals surface area contributed by atoms with Crippen LogP contribution in [0.2, 0.25) is 0 Å². The fourth-order valence-electron chi connectivity index (χ4n) is 2.23. The molecule has 0 spiro atoms. The molecule has 0 saturated heterocycles. The van der Waals surface area contributed by atoms with Gasteiger partial charge in [-0.05, 0) is 11.5 Å². The van der Waals surface area contributed by atoms with Crippen LogP contribution in [-0.2, 0) is 0 Å². The van der Waals surface area contributed by atoms with Gasteiger partial charge in [0.1, 0.15) is 0 Å². The monoisotopic (exact) mass is 235 g/mol. The second-order valence-electron chi connectivity index (χ2n) is 4.04. The molecule has 0 unspecified atom stereocenters. The van der Waals surface area contributed by atoms with Gasteiger partial charge in [-0.25, -0.2) is 0 Å². The molecule has 3 rings (SSSR count). The number of carbonyl (C=O) groups is 2. The Morgan fingerprint density at radius 1 is 0.778 bits per heavy atom. The molecule has 3 heteroatoms. The van der Waals surface area contributed by atoms with E-state index in [2.05, 4.69) is 4.98 Å². The number of fused-ring (bicyclic) bond motifs is 3. The minimum Gasteiger partial charge on any atom is -0.298 e. The first-order valence-electron chi connectivity index (χ1n) is 5.56. The van der Waals surface area contributed by atoms with Crippen LogP contribution in [0, 0.1) is 0 Å². The fourth-order valence-corrected chi connectivity index (χ4v) is 2.23. The highest BCUT2D eigenvalue weighted by Crippen LogP contribution is 2.26. The molecule has 2 aromatic carbocycles. The number of rotatable bonds is 2. The Balaban J connectivity index is 2.55. The van der Waals surface area contributed by atoms with Gasteiger partial charge in [0.25, 0.3) is 0 Å². The third kappa shape index (κ3) is 1.41. The molecule has 0 aliphatic rings. The molecule has 0 aliphatic carbocycles. The second-order valence-corrected chi connectivity index (χ2v) is 4.04. The molecule has 0 amide bonds. The summed E-state index contributed by atoms with van der Waals surface area (Å²) in [6, 6.07) is 10.9. The van der Waals surface area contributed by atoms with Crippen LogP contribution in [-0.4, -0.2) is 17.6 Å². The highest BCUT2D eigenvalue weighted by Gasteiger charge is 2.07. The van der Waals surface area contributed by atoms with Gasteiger partial charge in [-0.3, -0.25) is 14.6 Å². The van der Waals surface area contributed by atoms with Crippen molar-refractivity contribution in [1.29, 1.82) is 0 Å². The van der Waals surface area contributed by atoms with E-state index < -0.39 is 0 Å².